The van der Waals surface area contributed by atoms with Crippen molar-refractivity contribution >= 4 is 38.2 Å². The molecule has 4 heteroatoms. The lowest BCUT2D eigenvalue weighted by Crippen LogP contribution is -2.22. The summed E-state index contributed by atoms with van der Waals surface area (Å²) in [5.74, 6) is 0. The summed E-state index contributed by atoms with van der Waals surface area (Å²) in [6.45, 7) is 3.18. The number of nitrogens with one attached hydrogen (secondary N) is 1. The third-order valence-corrected chi connectivity index (χ3v) is 5.17. The molecule has 0 spiro atoms. The fraction of sp³-hybridized carbons (Fsp3) is 0.235. The molecule has 2 heterocycles. The van der Waals surface area contributed by atoms with Gasteiger partial charge >= 0.3 is 0 Å². The molecule has 0 radical (unpaired) electrons. The number of thiophene rings is 1. The molecule has 0 bridgehead atoms. The summed E-state index contributed by atoms with van der Waals surface area (Å²) < 4.78 is 1.14. The van der Waals surface area contributed by atoms with Gasteiger partial charge in [0.15, 0.2) is 0 Å². The molecular formula is C17H17BrN2S. The molecule has 2 nitrogen and oxygen atoms in total. The third kappa shape index (κ3) is 3.34. The first-order valence-corrected chi connectivity index (χ1v) is 8.77. The number of rotatable bonds is 5. The molecular weight excluding hydrogens is 344 g/mol. The van der Waals surface area contributed by atoms with E-state index < -0.39 is 0 Å². The zero-order valence-corrected chi connectivity index (χ0v) is 14.2. The fourth-order valence-electron chi connectivity index (χ4n) is 2.40. The van der Waals surface area contributed by atoms with Crippen LogP contribution in [0.25, 0.3) is 10.9 Å². The Kier molecular flexibility index (Phi) is 4.68. The summed E-state index contributed by atoms with van der Waals surface area (Å²) in [5.41, 5.74) is 2.26. The summed E-state index contributed by atoms with van der Waals surface area (Å²) >= 11 is 5.32. The minimum atomic E-state index is 0.207. The van der Waals surface area contributed by atoms with Gasteiger partial charge < -0.3 is 5.32 Å². The first kappa shape index (κ1) is 14.7. The highest BCUT2D eigenvalue weighted by Crippen LogP contribution is 2.31. The van der Waals surface area contributed by atoms with E-state index in [9.17, 15) is 0 Å². The average molecular weight is 361 g/mol. The van der Waals surface area contributed by atoms with Crippen molar-refractivity contribution in [3.05, 3.63) is 62.9 Å². The molecule has 0 aliphatic carbocycles. The quantitative estimate of drug-likeness (QED) is 0.680. The number of aromatic nitrogens is 1. The predicted molar refractivity (Wildman–Crippen MR) is 93.9 cm³/mol. The molecule has 1 aromatic carbocycles. The van der Waals surface area contributed by atoms with E-state index in [1.54, 1.807) is 11.3 Å². The van der Waals surface area contributed by atoms with Gasteiger partial charge in [-0.15, -0.1) is 11.3 Å². The Balaban J connectivity index is 2.00. The van der Waals surface area contributed by atoms with Crippen LogP contribution in [0.5, 0.6) is 0 Å². The Morgan fingerprint density at radius 2 is 2.14 bits per heavy atom. The molecule has 108 valence electrons. The van der Waals surface area contributed by atoms with Crippen LogP contribution in [0.2, 0.25) is 0 Å². The number of hydrogen-bond acceptors (Lipinski definition) is 3. The van der Waals surface area contributed by atoms with Gasteiger partial charge in [-0.25, -0.2) is 0 Å². The van der Waals surface area contributed by atoms with Gasteiger partial charge in [-0.05, 0) is 52.7 Å². The molecule has 0 aliphatic heterocycles. The lowest BCUT2D eigenvalue weighted by Gasteiger charge is -2.17. The van der Waals surface area contributed by atoms with Crippen LogP contribution < -0.4 is 5.32 Å². The first-order chi connectivity index (χ1) is 10.3. The molecule has 2 aromatic heterocycles. The van der Waals surface area contributed by atoms with Gasteiger partial charge in [0.25, 0.3) is 0 Å². The number of fused-ring (bicyclic) bond motifs is 1. The molecule has 1 atom stereocenters. The zero-order valence-electron chi connectivity index (χ0n) is 11.8. The maximum atomic E-state index is 4.60. The second kappa shape index (κ2) is 6.69. The highest BCUT2D eigenvalue weighted by Gasteiger charge is 2.16. The SMILES string of the molecule is CCCNC(c1cnc2ccccc2c1)c1cc(Br)cs1. The van der Waals surface area contributed by atoms with Gasteiger partial charge in [0.1, 0.15) is 0 Å². The monoisotopic (exact) mass is 360 g/mol. The standard InChI is InChI=1S/C17H17BrN2S/c1-2-7-19-17(16-9-14(18)11-21-16)13-8-12-5-3-4-6-15(12)20-10-13/h3-6,8-11,17,19H,2,7H2,1H3. The van der Waals surface area contributed by atoms with Crippen molar-refractivity contribution < 1.29 is 0 Å². The lowest BCUT2D eigenvalue weighted by atomic mass is 10.0. The van der Waals surface area contributed by atoms with Crippen LogP contribution in [-0.2, 0) is 0 Å². The van der Waals surface area contributed by atoms with Gasteiger partial charge in [-0.1, -0.05) is 25.1 Å². The summed E-state index contributed by atoms with van der Waals surface area (Å²) in [5, 5.41) is 6.95. The number of hydrogen-bond donors (Lipinski definition) is 1. The predicted octanol–water partition coefficient (Wildman–Crippen LogP) is 5.15. The highest BCUT2D eigenvalue weighted by atomic mass is 79.9. The van der Waals surface area contributed by atoms with Crippen molar-refractivity contribution in [1.82, 2.24) is 10.3 Å². The Bertz CT molecular complexity index is 738. The van der Waals surface area contributed by atoms with E-state index in [0.29, 0.717) is 0 Å². The van der Waals surface area contributed by atoms with Crippen molar-refractivity contribution in [3.8, 4) is 0 Å². The zero-order chi connectivity index (χ0) is 14.7. The molecule has 0 amide bonds. The Hall–Kier alpha value is -1.23. The lowest BCUT2D eigenvalue weighted by molar-refractivity contribution is 0.605. The van der Waals surface area contributed by atoms with Crippen molar-refractivity contribution in [3.63, 3.8) is 0 Å². The molecule has 1 N–H and O–H groups in total. The Morgan fingerprint density at radius 1 is 1.29 bits per heavy atom. The van der Waals surface area contributed by atoms with Crippen LogP contribution in [0, 0.1) is 0 Å². The fourth-order valence-corrected chi connectivity index (χ4v) is 3.94. The minimum Gasteiger partial charge on any atom is -0.306 e. The largest absolute Gasteiger partial charge is 0.306 e. The molecule has 3 rings (SSSR count). The third-order valence-electron chi connectivity index (χ3n) is 3.42. The summed E-state index contributed by atoms with van der Waals surface area (Å²) in [4.78, 5) is 5.91. The average Bonchev–Trinajstić information content (AvgIpc) is 2.94. The van der Waals surface area contributed by atoms with E-state index in [4.69, 9.17) is 0 Å². The van der Waals surface area contributed by atoms with Gasteiger partial charge in [-0.3, -0.25) is 4.98 Å². The minimum absolute atomic E-state index is 0.207. The number of para-hydroxylation sites is 1. The second-order valence-electron chi connectivity index (χ2n) is 5.02. The van der Waals surface area contributed by atoms with E-state index in [2.05, 4.69) is 68.9 Å². The maximum Gasteiger partial charge on any atom is 0.0702 e. The van der Waals surface area contributed by atoms with E-state index >= 15 is 0 Å². The van der Waals surface area contributed by atoms with Crippen LogP contribution in [0.1, 0.15) is 29.8 Å². The molecule has 3 aromatic rings. The molecule has 1 unspecified atom stereocenters. The normalized spacial score (nSPS) is 12.7. The van der Waals surface area contributed by atoms with Crippen LogP contribution in [0.15, 0.2) is 52.4 Å². The Labute approximate surface area is 137 Å². The molecule has 0 saturated heterocycles. The van der Waals surface area contributed by atoms with Gasteiger partial charge in [0.2, 0.25) is 0 Å². The van der Waals surface area contributed by atoms with Crippen LogP contribution in [0.3, 0.4) is 0 Å². The molecule has 21 heavy (non-hydrogen) atoms. The Morgan fingerprint density at radius 3 is 2.90 bits per heavy atom. The van der Waals surface area contributed by atoms with Crippen molar-refractivity contribution in [2.24, 2.45) is 0 Å². The summed E-state index contributed by atoms with van der Waals surface area (Å²) in [7, 11) is 0. The molecule has 0 aliphatic rings. The van der Waals surface area contributed by atoms with Crippen LogP contribution >= 0.6 is 27.3 Å². The number of halogens is 1. The summed E-state index contributed by atoms with van der Waals surface area (Å²) in [6.07, 6.45) is 3.10. The topological polar surface area (TPSA) is 24.9 Å². The number of benzene rings is 1. The summed E-state index contributed by atoms with van der Waals surface area (Å²) in [6, 6.07) is 12.9. The first-order valence-electron chi connectivity index (χ1n) is 7.10. The van der Waals surface area contributed by atoms with Gasteiger partial charge in [0.05, 0.1) is 11.6 Å². The van der Waals surface area contributed by atoms with E-state index in [1.165, 1.54) is 15.8 Å². The highest BCUT2D eigenvalue weighted by molar-refractivity contribution is 9.10. The van der Waals surface area contributed by atoms with Crippen LogP contribution in [-0.4, -0.2) is 11.5 Å². The van der Waals surface area contributed by atoms with E-state index in [0.717, 1.165) is 23.0 Å². The van der Waals surface area contributed by atoms with Gasteiger partial charge in [0, 0.05) is 26.3 Å². The van der Waals surface area contributed by atoms with Crippen LogP contribution in [0.4, 0.5) is 0 Å². The van der Waals surface area contributed by atoms with Crippen molar-refractivity contribution in [2.45, 2.75) is 19.4 Å². The van der Waals surface area contributed by atoms with Crippen molar-refractivity contribution in [1.29, 1.82) is 0 Å². The van der Waals surface area contributed by atoms with Gasteiger partial charge in [-0.2, -0.15) is 0 Å². The maximum absolute atomic E-state index is 4.60. The van der Waals surface area contributed by atoms with E-state index in [1.807, 2.05) is 12.3 Å². The number of pyridine rings is 1. The molecule has 0 fully saturated rings. The van der Waals surface area contributed by atoms with Crippen molar-refractivity contribution in [2.75, 3.05) is 6.54 Å². The molecule has 0 saturated carbocycles. The number of nitrogens with zero attached hydrogens (tertiary/aromatic N) is 1. The second-order valence-corrected chi connectivity index (χ2v) is 6.87. The van der Waals surface area contributed by atoms with E-state index in [-0.39, 0.29) is 6.04 Å². The smallest absolute Gasteiger partial charge is 0.0702 e.